The molecule has 1 N–H and O–H groups in total. The molecule has 2 unspecified atom stereocenters. The molecule has 0 saturated carbocycles. The number of allylic oxidation sites excluding steroid dienone is 1. The van der Waals surface area contributed by atoms with E-state index in [9.17, 15) is 4.79 Å². The van der Waals surface area contributed by atoms with Crippen LogP contribution in [0.4, 0.5) is 0 Å². The van der Waals surface area contributed by atoms with Crippen LogP contribution >= 0.6 is 0 Å². The van der Waals surface area contributed by atoms with Crippen molar-refractivity contribution in [3.63, 3.8) is 0 Å². The topological polar surface area (TPSA) is 46.5 Å². The highest BCUT2D eigenvalue weighted by atomic mass is 16.5. The van der Waals surface area contributed by atoms with Crippen LogP contribution < -0.4 is 0 Å². The highest BCUT2D eigenvalue weighted by Gasteiger charge is 2.14. The lowest BCUT2D eigenvalue weighted by Gasteiger charge is -2.17. The molecule has 3 heteroatoms. The van der Waals surface area contributed by atoms with Crippen LogP contribution in [0.3, 0.4) is 0 Å². The summed E-state index contributed by atoms with van der Waals surface area (Å²) in [5.41, 5.74) is 1.64. The van der Waals surface area contributed by atoms with Gasteiger partial charge in [0.2, 0.25) is 0 Å². The molecule has 0 aliphatic heterocycles. The van der Waals surface area contributed by atoms with Gasteiger partial charge in [-0.15, -0.1) is 0 Å². The predicted octanol–water partition coefficient (Wildman–Crippen LogP) is 2.15. The summed E-state index contributed by atoms with van der Waals surface area (Å²) in [5.74, 6) is 0.0840. The molecule has 3 nitrogen and oxygen atoms in total. The third-order valence-electron chi connectivity index (χ3n) is 2.79. The van der Waals surface area contributed by atoms with Gasteiger partial charge in [-0.25, -0.2) is 4.79 Å². The first-order chi connectivity index (χ1) is 6.90. The summed E-state index contributed by atoms with van der Waals surface area (Å²) in [6.45, 7) is 9.92. The summed E-state index contributed by atoms with van der Waals surface area (Å²) in [4.78, 5) is 11.5. The lowest BCUT2D eigenvalue weighted by Crippen LogP contribution is -2.20. The number of carbonyl (C=O) groups excluding carboxylic acids is 1. The lowest BCUT2D eigenvalue weighted by molar-refractivity contribution is -0.140. The Morgan fingerprint density at radius 2 is 1.73 bits per heavy atom. The minimum atomic E-state index is -0.257. The van der Waals surface area contributed by atoms with Crippen molar-refractivity contribution in [2.24, 2.45) is 11.8 Å². The standard InChI is InChI=1S/C12H22O3/c1-8(2)11(5)12(14)15-7-10(4)9(3)6-13/h9-10,13H,6-7H2,1-5H3. The Morgan fingerprint density at radius 3 is 2.13 bits per heavy atom. The van der Waals surface area contributed by atoms with E-state index in [4.69, 9.17) is 9.84 Å². The number of aliphatic hydroxyl groups is 1. The van der Waals surface area contributed by atoms with E-state index in [0.717, 1.165) is 5.57 Å². The summed E-state index contributed by atoms with van der Waals surface area (Å²) in [5, 5.41) is 8.92. The fourth-order valence-electron chi connectivity index (χ4n) is 0.864. The van der Waals surface area contributed by atoms with Crippen molar-refractivity contribution >= 4 is 5.97 Å². The van der Waals surface area contributed by atoms with E-state index in [2.05, 4.69) is 0 Å². The number of ether oxygens (including phenoxy) is 1. The molecule has 0 amide bonds. The van der Waals surface area contributed by atoms with Gasteiger partial charge in [-0.1, -0.05) is 19.4 Å². The number of hydrogen-bond donors (Lipinski definition) is 1. The van der Waals surface area contributed by atoms with E-state index in [1.165, 1.54) is 0 Å². The summed E-state index contributed by atoms with van der Waals surface area (Å²) in [6.07, 6.45) is 0. The van der Waals surface area contributed by atoms with E-state index < -0.39 is 0 Å². The number of rotatable bonds is 5. The maximum absolute atomic E-state index is 11.5. The Labute approximate surface area is 92.1 Å². The van der Waals surface area contributed by atoms with Gasteiger partial charge in [-0.2, -0.15) is 0 Å². The molecule has 0 aromatic heterocycles. The van der Waals surface area contributed by atoms with Crippen LogP contribution in [0.2, 0.25) is 0 Å². The fourth-order valence-corrected chi connectivity index (χ4v) is 0.864. The van der Waals surface area contributed by atoms with E-state index in [-0.39, 0.29) is 24.4 Å². The first-order valence-electron chi connectivity index (χ1n) is 5.32. The lowest BCUT2D eigenvalue weighted by atomic mass is 9.98. The van der Waals surface area contributed by atoms with Crippen molar-refractivity contribution in [1.82, 2.24) is 0 Å². The zero-order chi connectivity index (χ0) is 12.0. The number of carbonyl (C=O) groups is 1. The fraction of sp³-hybridized carbons (Fsp3) is 0.750. The maximum Gasteiger partial charge on any atom is 0.333 e. The average Bonchev–Trinajstić information content (AvgIpc) is 2.22. The quantitative estimate of drug-likeness (QED) is 0.563. The van der Waals surface area contributed by atoms with E-state index in [1.807, 2.05) is 27.7 Å². The summed E-state index contributed by atoms with van der Waals surface area (Å²) < 4.78 is 5.14. The van der Waals surface area contributed by atoms with Gasteiger partial charge in [0, 0.05) is 12.2 Å². The van der Waals surface area contributed by atoms with Crippen LogP contribution in [-0.2, 0) is 9.53 Å². The molecular weight excluding hydrogens is 192 g/mol. The number of hydrogen-bond acceptors (Lipinski definition) is 3. The normalized spacial score (nSPS) is 14.3. The second kappa shape index (κ2) is 6.62. The summed E-state index contributed by atoms with van der Waals surface area (Å²) in [6, 6.07) is 0. The third-order valence-corrected chi connectivity index (χ3v) is 2.79. The van der Waals surface area contributed by atoms with Crippen LogP contribution in [0.5, 0.6) is 0 Å². The Morgan fingerprint density at radius 1 is 1.20 bits per heavy atom. The Hall–Kier alpha value is -0.830. The second-order valence-electron chi connectivity index (χ2n) is 4.36. The van der Waals surface area contributed by atoms with Crippen molar-refractivity contribution < 1.29 is 14.6 Å². The average molecular weight is 214 g/mol. The van der Waals surface area contributed by atoms with Crippen LogP contribution in [0.25, 0.3) is 0 Å². The van der Waals surface area contributed by atoms with E-state index >= 15 is 0 Å². The third kappa shape index (κ3) is 4.98. The van der Waals surface area contributed by atoms with Crippen molar-refractivity contribution in [3.05, 3.63) is 11.1 Å². The molecule has 0 spiro atoms. The van der Waals surface area contributed by atoms with Crippen LogP contribution in [-0.4, -0.2) is 24.3 Å². The zero-order valence-electron chi connectivity index (χ0n) is 10.3. The zero-order valence-corrected chi connectivity index (χ0v) is 10.3. The van der Waals surface area contributed by atoms with Gasteiger partial charge in [0.05, 0.1) is 6.61 Å². The van der Waals surface area contributed by atoms with Gasteiger partial charge in [-0.3, -0.25) is 0 Å². The van der Waals surface area contributed by atoms with Crippen LogP contribution in [0.15, 0.2) is 11.1 Å². The van der Waals surface area contributed by atoms with E-state index in [1.54, 1.807) is 6.92 Å². The highest BCUT2D eigenvalue weighted by Crippen LogP contribution is 2.12. The SMILES string of the molecule is CC(C)=C(C)C(=O)OCC(C)C(C)CO. The molecule has 0 aromatic rings. The molecule has 15 heavy (non-hydrogen) atoms. The molecule has 0 fully saturated rings. The summed E-state index contributed by atoms with van der Waals surface area (Å²) in [7, 11) is 0. The minimum Gasteiger partial charge on any atom is -0.462 e. The molecule has 2 atom stereocenters. The number of esters is 1. The largest absolute Gasteiger partial charge is 0.462 e. The predicted molar refractivity (Wildman–Crippen MR) is 60.4 cm³/mol. The van der Waals surface area contributed by atoms with Gasteiger partial charge < -0.3 is 9.84 Å². The molecular formula is C12H22O3. The first kappa shape index (κ1) is 14.2. The number of aliphatic hydroxyl groups excluding tert-OH is 1. The van der Waals surface area contributed by atoms with Gasteiger partial charge in [-0.05, 0) is 32.6 Å². The highest BCUT2D eigenvalue weighted by molar-refractivity contribution is 5.88. The minimum absolute atomic E-state index is 0.125. The van der Waals surface area contributed by atoms with Crippen molar-refractivity contribution in [1.29, 1.82) is 0 Å². The Kier molecular flexibility index (Phi) is 6.25. The molecule has 0 rings (SSSR count). The smallest absolute Gasteiger partial charge is 0.333 e. The van der Waals surface area contributed by atoms with Crippen LogP contribution in [0, 0.1) is 11.8 Å². The van der Waals surface area contributed by atoms with Crippen molar-refractivity contribution in [3.8, 4) is 0 Å². The second-order valence-corrected chi connectivity index (χ2v) is 4.36. The Bertz CT molecular complexity index is 239. The maximum atomic E-state index is 11.5. The summed E-state index contributed by atoms with van der Waals surface area (Å²) >= 11 is 0. The van der Waals surface area contributed by atoms with Crippen LogP contribution in [0.1, 0.15) is 34.6 Å². The molecule has 0 radical (unpaired) electrons. The Balaban J connectivity index is 4.07. The molecule has 0 bridgehead atoms. The van der Waals surface area contributed by atoms with Gasteiger partial charge in [0.15, 0.2) is 0 Å². The van der Waals surface area contributed by atoms with Gasteiger partial charge in [0.25, 0.3) is 0 Å². The first-order valence-corrected chi connectivity index (χ1v) is 5.32. The molecule has 0 aromatic carbocycles. The van der Waals surface area contributed by atoms with E-state index in [0.29, 0.717) is 12.2 Å². The van der Waals surface area contributed by atoms with Gasteiger partial charge >= 0.3 is 5.97 Å². The molecule has 0 heterocycles. The monoisotopic (exact) mass is 214 g/mol. The van der Waals surface area contributed by atoms with Gasteiger partial charge in [0.1, 0.15) is 0 Å². The van der Waals surface area contributed by atoms with Crippen molar-refractivity contribution in [2.45, 2.75) is 34.6 Å². The van der Waals surface area contributed by atoms with Crippen molar-refractivity contribution in [2.75, 3.05) is 13.2 Å². The molecule has 0 aliphatic carbocycles. The molecule has 88 valence electrons. The molecule has 0 aliphatic rings. The molecule has 0 saturated heterocycles.